The van der Waals surface area contributed by atoms with E-state index in [4.69, 9.17) is 0 Å². The van der Waals surface area contributed by atoms with Crippen LogP contribution in [0.15, 0.2) is 60.3 Å². The van der Waals surface area contributed by atoms with E-state index in [1.807, 2.05) is 0 Å². The van der Waals surface area contributed by atoms with Gasteiger partial charge >= 0.3 is 0 Å². The van der Waals surface area contributed by atoms with Crippen LogP contribution in [0.3, 0.4) is 0 Å². The number of benzene rings is 2. The van der Waals surface area contributed by atoms with Crippen molar-refractivity contribution >= 4 is 17.0 Å². The van der Waals surface area contributed by atoms with Crippen molar-refractivity contribution in [1.82, 2.24) is 4.98 Å². The highest BCUT2D eigenvalue weighted by Crippen LogP contribution is 2.29. The third-order valence-electron chi connectivity index (χ3n) is 3.92. The monoisotopic (exact) mass is 245 g/mol. The summed E-state index contributed by atoms with van der Waals surface area (Å²) in [6.45, 7) is 0. The van der Waals surface area contributed by atoms with Gasteiger partial charge < -0.3 is 4.98 Å². The van der Waals surface area contributed by atoms with Crippen molar-refractivity contribution < 1.29 is 0 Å². The van der Waals surface area contributed by atoms with Crippen LogP contribution in [0.25, 0.3) is 17.0 Å². The van der Waals surface area contributed by atoms with Crippen LogP contribution in [0.2, 0.25) is 0 Å². The summed E-state index contributed by atoms with van der Waals surface area (Å²) in [6.07, 6.45) is 6.62. The van der Waals surface area contributed by atoms with E-state index in [0.29, 0.717) is 0 Å². The minimum atomic E-state index is 1.04. The summed E-state index contributed by atoms with van der Waals surface area (Å²) in [5.74, 6) is 0. The maximum absolute atomic E-state index is 3.36. The van der Waals surface area contributed by atoms with Crippen molar-refractivity contribution in [2.45, 2.75) is 12.8 Å². The number of nitrogens with one attached hydrogen (secondary N) is 1. The van der Waals surface area contributed by atoms with Gasteiger partial charge in [-0.3, -0.25) is 0 Å². The minimum absolute atomic E-state index is 1.04. The zero-order valence-corrected chi connectivity index (χ0v) is 10.7. The van der Waals surface area contributed by atoms with Crippen LogP contribution in [-0.4, -0.2) is 4.98 Å². The van der Waals surface area contributed by atoms with Crippen LogP contribution in [0.4, 0.5) is 0 Å². The highest BCUT2D eigenvalue weighted by atomic mass is 14.7. The lowest BCUT2D eigenvalue weighted by molar-refractivity contribution is 1.08. The summed E-state index contributed by atoms with van der Waals surface area (Å²) in [6, 6.07) is 17.2. The maximum Gasteiger partial charge on any atom is 0.0456 e. The van der Waals surface area contributed by atoms with Gasteiger partial charge in [0.2, 0.25) is 0 Å². The standard InChI is InChI=1S/C18H15N/c1-2-6-15-10-13(9-14(15)5-1)11-16-12-19-18-8-4-3-7-17(16)18/h1-9,12,19H,10-11H2. The molecule has 1 heteroatoms. The Hall–Kier alpha value is -2.28. The molecule has 0 radical (unpaired) electrons. The average molecular weight is 245 g/mol. The second-order valence-electron chi connectivity index (χ2n) is 5.21. The molecule has 4 rings (SSSR count). The first kappa shape index (κ1) is 10.6. The van der Waals surface area contributed by atoms with Crippen LogP contribution in [0.1, 0.15) is 16.7 Å². The van der Waals surface area contributed by atoms with E-state index in [0.717, 1.165) is 12.8 Å². The maximum atomic E-state index is 3.36. The highest BCUT2D eigenvalue weighted by molar-refractivity contribution is 5.83. The number of rotatable bonds is 2. The first-order chi connectivity index (χ1) is 9.40. The Morgan fingerprint density at radius 3 is 2.74 bits per heavy atom. The fourth-order valence-electron chi connectivity index (χ4n) is 2.99. The second kappa shape index (κ2) is 4.13. The third-order valence-corrected chi connectivity index (χ3v) is 3.92. The Bertz CT molecular complexity index is 777. The van der Waals surface area contributed by atoms with Crippen molar-refractivity contribution in [2.24, 2.45) is 0 Å². The SMILES string of the molecule is C1=C(Cc2c[nH]c3ccccc23)Cc2ccccc21. The Balaban J connectivity index is 1.67. The van der Waals surface area contributed by atoms with Crippen molar-refractivity contribution in [3.63, 3.8) is 0 Å². The number of hydrogen-bond acceptors (Lipinski definition) is 0. The molecule has 0 atom stereocenters. The number of para-hydroxylation sites is 1. The summed E-state index contributed by atoms with van der Waals surface area (Å²) in [5.41, 5.74) is 6.98. The first-order valence-electron chi connectivity index (χ1n) is 6.72. The van der Waals surface area contributed by atoms with Crippen LogP contribution in [-0.2, 0) is 12.8 Å². The van der Waals surface area contributed by atoms with Gasteiger partial charge in [-0.25, -0.2) is 0 Å². The molecule has 19 heavy (non-hydrogen) atoms. The van der Waals surface area contributed by atoms with Crippen LogP contribution < -0.4 is 0 Å². The Morgan fingerprint density at radius 1 is 0.947 bits per heavy atom. The summed E-state index contributed by atoms with van der Waals surface area (Å²) in [5, 5.41) is 1.35. The summed E-state index contributed by atoms with van der Waals surface area (Å²) >= 11 is 0. The van der Waals surface area contributed by atoms with Crippen LogP contribution in [0.5, 0.6) is 0 Å². The number of aromatic nitrogens is 1. The average Bonchev–Trinajstić information content (AvgIpc) is 3.03. The van der Waals surface area contributed by atoms with E-state index >= 15 is 0 Å². The van der Waals surface area contributed by atoms with Gasteiger partial charge in [0.25, 0.3) is 0 Å². The lowest BCUT2D eigenvalue weighted by Gasteiger charge is -2.01. The number of aromatic amines is 1. The molecular formula is C18H15N. The molecule has 1 heterocycles. The zero-order valence-electron chi connectivity index (χ0n) is 10.7. The predicted molar refractivity (Wildman–Crippen MR) is 80.1 cm³/mol. The van der Waals surface area contributed by atoms with Gasteiger partial charge in [-0.2, -0.15) is 0 Å². The summed E-state index contributed by atoms with van der Waals surface area (Å²) in [4.78, 5) is 3.36. The Morgan fingerprint density at radius 2 is 1.79 bits per heavy atom. The molecular weight excluding hydrogens is 230 g/mol. The quantitative estimate of drug-likeness (QED) is 0.691. The van der Waals surface area contributed by atoms with Crippen molar-refractivity contribution in [3.05, 3.63) is 77.0 Å². The van der Waals surface area contributed by atoms with Gasteiger partial charge in [0.1, 0.15) is 0 Å². The molecule has 1 aliphatic carbocycles. The van der Waals surface area contributed by atoms with Crippen molar-refractivity contribution in [1.29, 1.82) is 0 Å². The molecule has 0 bridgehead atoms. The second-order valence-corrected chi connectivity index (χ2v) is 5.21. The predicted octanol–water partition coefficient (Wildman–Crippen LogP) is 4.35. The normalized spacial score (nSPS) is 13.6. The molecule has 1 aliphatic rings. The lowest BCUT2D eigenvalue weighted by atomic mass is 10.0. The fraction of sp³-hybridized carbons (Fsp3) is 0.111. The number of H-pyrrole nitrogens is 1. The van der Waals surface area contributed by atoms with E-state index in [2.05, 4.69) is 65.8 Å². The Labute approximate surface area is 112 Å². The molecule has 0 aliphatic heterocycles. The van der Waals surface area contributed by atoms with Crippen molar-refractivity contribution in [2.75, 3.05) is 0 Å². The highest BCUT2D eigenvalue weighted by Gasteiger charge is 2.13. The van der Waals surface area contributed by atoms with Gasteiger partial charge in [0, 0.05) is 17.1 Å². The summed E-state index contributed by atoms with van der Waals surface area (Å²) in [7, 11) is 0. The largest absolute Gasteiger partial charge is 0.361 e. The molecule has 0 spiro atoms. The van der Waals surface area contributed by atoms with Crippen LogP contribution >= 0.6 is 0 Å². The van der Waals surface area contributed by atoms with E-state index < -0.39 is 0 Å². The zero-order chi connectivity index (χ0) is 12.7. The lowest BCUT2D eigenvalue weighted by Crippen LogP contribution is -1.89. The van der Waals surface area contributed by atoms with Crippen molar-refractivity contribution in [3.8, 4) is 0 Å². The van der Waals surface area contributed by atoms with E-state index in [1.54, 1.807) is 0 Å². The smallest absolute Gasteiger partial charge is 0.0456 e. The van der Waals surface area contributed by atoms with Gasteiger partial charge in [-0.05, 0) is 35.6 Å². The molecule has 0 saturated carbocycles. The molecule has 0 fully saturated rings. The molecule has 0 amide bonds. The topological polar surface area (TPSA) is 15.8 Å². The van der Waals surface area contributed by atoms with Crippen LogP contribution in [0, 0.1) is 0 Å². The van der Waals surface area contributed by atoms with Gasteiger partial charge in [-0.15, -0.1) is 0 Å². The molecule has 1 N–H and O–H groups in total. The minimum Gasteiger partial charge on any atom is -0.361 e. The number of hydrogen-bond donors (Lipinski definition) is 1. The van der Waals surface area contributed by atoms with Gasteiger partial charge in [-0.1, -0.05) is 54.1 Å². The molecule has 2 aromatic carbocycles. The molecule has 0 saturated heterocycles. The number of allylic oxidation sites excluding steroid dienone is 1. The first-order valence-corrected chi connectivity index (χ1v) is 6.72. The molecule has 1 aromatic heterocycles. The third kappa shape index (κ3) is 1.78. The number of fused-ring (bicyclic) bond motifs is 2. The molecule has 1 nitrogen and oxygen atoms in total. The van der Waals surface area contributed by atoms with Gasteiger partial charge in [0.05, 0.1) is 0 Å². The van der Waals surface area contributed by atoms with Gasteiger partial charge in [0.15, 0.2) is 0 Å². The molecule has 92 valence electrons. The fourth-order valence-corrected chi connectivity index (χ4v) is 2.99. The molecule has 3 aromatic rings. The summed E-state index contributed by atoms with van der Waals surface area (Å²) < 4.78 is 0. The van der Waals surface area contributed by atoms with E-state index in [1.165, 1.54) is 33.2 Å². The van der Waals surface area contributed by atoms with E-state index in [9.17, 15) is 0 Å². The Kier molecular flexibility index (Phi) is 2.31. The molecule has 0 unspecified atom stereocenters. The van der Waals surface area contributed by atoms with E-state index in [-0.39, 0.29) is 0 Å².